The number of hydrogen-bond donors (Lipinski definition) is 2. The number of piperidine rings is 1. The van der Waals surface area contributed by atoms with E-state index in [2.05, 4.69) is 17.3 Å². The van der Waals surface area contributed by atoms with E-state index in [1.165, 1.54) is 25.9 Å². The summed E-state index contributed by atoms with van der Waals surface area (Å²) in [6.45, 7) is 9.72. The first-order valence-corrected chi connectivity index (χ1v) is 8.75. The highest BCUT2D eigenvalue weighted by Gasteiger charge is 2.20. The number of carbonyl (C=O) groups is 1. The Labute approximate surface area is 145 Å². The van der Waals surface area contributed by atoms with E-state index in [0.717, 1.165) is 24.6 Å². The number of ether oxygens (including phenoxy) is 1. The van der Waals surface area contributed by atoms with E-state index in [-0.39, 0.29) is 5.97 Å². The van der Waals surface area contributed by atoms with Crippen LogP contribution in [0.3, 0.4) is 0 Å². The highest BCUT2D eigenvalue weighted by Crippen LogP contribution is 2.19. The van der Waals surface area contributed by atoms with Gasteiger partial charge >= 0.3 is 5.97 Å². The van der Waals surface area contributed by atoms with Gasteiger partial charge in [-0.3, -0.25) is 0 Å². The minimum atomic E-state index is -0.516. The number of esters is 1. The van der Waals surface area contributed by atoms with Gasteiger partial charge in [0.25, 0.3) is 0 Å². The molecule has 1 saturated heterocycles. The van der Waals surface area contributed by atoms with Crippen molar-refractivity contribution in [2.24, 2.45) is 5.92 Å². The average molecular weight is 333 g/mol. The summed E-state index contributed by atoms with van der Waals surface area (Å²) in [6, 6.07) is 5.56. The van der Waals surface area contributed by atoms with Gasteiger partial charge in [0, 0.05) is 12.2 Å². The Kier molecular flexibility index (Phi) is 6.24. The van der Waals surface area contributed by atoms with Crippen molar-refractivity contribution in [3.8, 4) is 0 Å². The largest absolute Gasteiger partial charge is 0.456 e. The molecule has 0 unspecified atom stereocenters. The zero-order valence-electron chi connectivity index (χ0n) is 15.4. The summed E-state index contributed by atoms with van der Waals surface area (Å²) >= 11 is 0. The maximum Gasteiger partial charge on any atom is 0.340 e. The SMILES string of the molecule is CN1CCC(CNCc2ccc(C(=O)OC(C)(C)C)c(N)c2)CC1. The van der Waals surface area contributed by atoms with Crippen LogP contribution in [0.25, 0.3) is 0 Å². The zero-order valence-corrected chi connectivity index (χ0v) is 15.4. The lowest BCUT2D eigenvalue weighted by Crippen LogP contribution is -2.34. The number of anilines is 1. The summed E-state index contributed by atoms with van der Waals surface area (Å²) in [4.78, 5) is 14.5. The molecule has 2 rings (SSSR count). The number of carbonyl (C=O) groups excluding carboxylic acids is 1. The van der Waals surface area contributed by atoms with Gasteiger partial charge in [0.15, 0.2) is 0 Å². The summed E-state index contributed by atoms with van der Waals surface area (Å²) in [7, 11) is 2.18. The lowest BCUT2D eigenvalue weighted by Gasteiger charge is -2.29. The van der Waals surface area contributed by atoms with E-state index in [0.29, 0.717) is 11.3 Å². The van der Waals surface area contributed by atoms with E-state index in [4.69, 9.17) is 10.5 Å². The summed E-state index contributed by atoms with van der Waals surface area (Å²) in [5.74, 6) is 0.380. The molecule has 1 aliphatic rings. The van der Waals surface area contributed by atoms with Crippen molar-refractivity contribution in [1.29, 1.82) is 0 Å². The van der Waals surface area contributed by atoms with Crippen LogP contribution in [0, 0.1) is 5.92 Å². The predicted octanol–water partition coefficient (Wildman–Crippen LogP) is 2.66. The van der Waals surface area contributed by atoms with Crippen molar-refractivity contribution in [2.75, 3.05) is 32.4 Å². The lowest BCUT2D eigenvalue weighted by molar-refractivity contribution is 0.00708. The molecule has 0 bridgehead atoms. The van der Waals surface area contributed by atoms with E-state index >= 15 is 0 Å². The number of nitrogens with one attached hydrogen (secondary N) is 1. The average Bonchev–Trinajstić information content (AvgIpc) is 2.47. The fourth-order valence-electron chi connectivity index (χ4n) is 2.93. The second-order valence-corrected chi connectivity index (χ2v) is 7.80. The summed E-state index contributed by atoms with van der Waals surface area (Å²) in [5, 5.41) is 3.51. The van der Waals surface area contributed by atoms with Gasteiger partial charge in [0.05, 0.1) is 5.56 Å². The Morgan fingerprint density at radius 3 is 2.58 bits per heavy atom. The van der Waals surface area contributed by atoms with Gasteiger partial charge in [-0.05, 0) is 83.9 Å². The van der Waals surface area contributed by atoms with Crippen LogP contribution < -0.4 is 11.1 Å². The molecule has 1 aliphatic heterocycles. The van der Waals surface area contributed by atoms with E-state index in [9.17, 15) is 4.79 Å². The van der Waals surface area contributed by atoms with Crippen LogP contribution >= 0.6 is 0 Å². The molecule has 1 aromatic carbocycles. The van der Waals surface area contributed by atoms with Crippen molar-refractivity contribution >= 4 is 11.7 Å². The Morgan fingerprint density at radius 2 is 2.00 bits per heavy atom. The van der Waals surface area contributed by atoms with Crippen LogP contribution in [0.15, 0.2) is 18.2 Å². The minimum absolute atomic E-state index is 0.370. The molecule has 5 nitrogen and oxygen atoms in total. The molecule has 134 valence electrons. The first-order valence-electron chi connectivity index (χ1n) is 8.75. The standard InChI is InChI=1S/C19H31N3O2/c1-19(2,3)24-18(23)16-6-5-15(11-17(16)20)13-21-12-14-7-9-22(4)10-8-14/h5-6,11,14,21H,7-10,12-13,20H2,1-4H3. The molecule has 0 atom stereocenters. The first kappa shape index (κ1) is 18.7. The molecule has 1 fully saturated rings. The molecule has 0 spiro atoms. The van der Waals surface area contributed by atoms with Gasteiger partial charge in [-0.1, -0.05) is 6.07 Å². The lowest BCUT2D eigenvalue weighted by atomic mass is 9.97. The summed E-state index contributed by atoms with van der Waals surface area (Å²) in [6.07, 6.45) is 2.51. The molecular weight excluding hydrogens is 302 g/mol. The smallest absolute Gasteiger partial charge is 0.340 e. The van der Waals surface area contributed by atoms with Crippen LogP contribution in [0.1, 0.15) is 49.5 Å². The minimum Gasteiger partial charge on any atom is -0.456 e. The number of nitrogen functional groups attached to an aromatic ring is 1. The zero-order chi connectivity index (χ0) is 17.7. The fourth-order valence-corrected chi connectivity index (χ4v) is 2.93. The van der Waals surface area contributed by atoms with E-state index in [1.807, 2.05) is 32.9 Å². The van der Waals surface area contributed by atoms with Crippen molar-refractivity contribution in [3.05, 3.63) is 29.3 Å². The summed E-state index contributed by atoms with van der Waals surface area (Å²) in [5.41, 5.74) is 7.52. The monoisotopic (exact) mass is 333 g/mol. The Balaban J connectivity index is 1.84. The first-order chi connectivity index (χ1) is 11.2. The van der Waals surface area contributed by atoms with E-state index in [1.54, 1.807) is 6.07 Å². The van der Waals surface area contributed by atoms with Crippen LogP contribution in [0.5, 0.6) is 0 Å². The third-order valence-electron chi connectivity index (χ3n) is 4.34. The molecule has 3 N–H and O–H groups in total. The third kappa shape index (κ3) is 5.80. The maximum atomic E-state index is 12.1. The third-order valence-corrected chi connectivity index (χ3v) is 4.34. The van der Waals surface area contributed by atoms with Gasteiger partial charge in [-0.2, -0.15) is 0 Å². The van der Waals surface area contributed by atoms with Gasteiger partial charge in [0.1, 0.15) is 5.60 Å². The number of nitrogens with zero attached hydrogens (tertiary/aromatic N) is 1. The molecule has 1 aromatic rings. The number of hydrogen-bond acceptors (Lipinski definition) is 5. The molecule has 0 amide bonds. The topological polar surface area (TPSA) is 67.6 Å². The molecule has 24 heavy (non-hydrogen) atoms. The van der Waals surface area contributed by atoms with Gasteiger partial charge in [-0.25, -0.2) is 4.79 Å². The highest BCUT2D eigenvalue weighted by atomic mass is 16.6. The molecule has 5 heteroatoms. The normalized spacial score (nSPS) is 17.0. The van der Waals surface area contributed by atoms with Crippen molar-refractivity contribution in [2.45, 2.75) is 45.8 Å². The number of likely N-dealkylation sites (tertiary alicyclic amines) is 1. The van der Waals surface area contributed by atoms with Crippen LogP contribution in [0.2, 0.25) is 0 Å². The molecular formula is C19H31N3O2. The molecule has 0 saturated carbocycles. The number of rotatable bonds is 5. The Bertz CT molecular complexity index is 558. The number of nitrogens with two attached hydrogens (primary N) is 1. The van der Waals surface area contributed by atoms with Crippen LogP contribution in [-0.4, -0.2) is 43.2 Å². The second-order valence-electron chi connectivity index (χ2n) is 7.80. The van der Waals surface area contributed by atoms with Gasteiger partial charge in [-0.15, -0.1) is 0 Å². The highest BCUT2D eigenvalue weighted by molar-refractivity contribution is 5.95. The predicted molar refractivity (Wildman–Crippen MR) is 98.0 cm³/mol. The fraction of sp³-hybridized carbons (Fsp3) is 0.632. The van der Waals surface area contributed by atoms with E-state index < -0.39 is 5.60 Å². The molecule has 0 aromatic heterocycles. The van der Waals surface area contributed by atoms with Crippen molar-refractivity contribution in [3.63, 3.8) is 0 Å². The summed E-state index contributed by atoms with van der Waals surface area (Å²) < 4.78 is 5.38. The van der Waals surface area contributed by atoms with Gasteiger partial charge < -0.3 is 20.7 Å². The van der Waals surface area contributed by atoms with Crippen LogP contribution in [-0.2, 0) is 11.3 Å². The molecule has 0 aliphatic carbocycles. The molecule has 1 heterocycles. The van der Waals surface area contributed by atoms with Crippen LogP contribution in [0.4, 0.5) is 5.69 Å². The molecule has 0 radical (unpaired) electrons. The van der Waals surface area contributed by atoms with Gasteiger partial charge in [0.2, 0.25) is 0 Å². The maximum absolute atomic E-state index is 12.1. The Morgan fingerprint density at radius 1 is 1.33 bits per heavy atom. The quantitative estimate of drug-likeness (QED) is 0.640. The van der Waals surface area contributed by atoms with Crippen molar-refractivity contribution in [1.82, 2.24) is 10.2 Å². The number of benzene rings is 1. The van der Waals surface area contributed by atoms with Crippen molar-refractivity contribution < 1.29 is 9.53 Å². The Hall–Kier alpha value is -1.59. The second kappa shape index (κ2) is 7.99.